The lowest BCUT2D eigenvalue weighted by Crippen LogP contribution is -2.57. The summed E-state index contributed by atoms with van der Waals surface area (Å²) >= 11 is 0. The fourth-order valence-corrected chi connectivity index (χ4v) is 2.15. The summed E-state index contributed by atoms with van der Waals surface area (Å²) in [6.45, 7) is 0.760. The maximum Gasteiger partial charge on any atom is 0.308 e. The lowest BCUT2D eigenvalue weighted by Gasteiger charge is -2.34. The van der Waals surface area contributed by atoms with Crippen LogP contribution in [-0.4, -0.2) is 48.9 Å². The van der Waals surface area contributed by atoms with Crippen LogP contribution in [0.1, 0.15) is 16.8 Å². The average molecular weight is 276 g/mol. The standard InChI is InChI=1S/C14H16N2O4/c1-20-12(17)9-11-13(18)15-7-8-16(11)14(19)10-5-3-2-4-6-10/h2-6,11H,7-9H2,1H3,(H,15,18)/t11-/m1/s1. The Balaban J connectivity index is 2.20. The second-order valence-corrected chi connectivity index (χ2v) is 4.45. The second-order valence-electron chi connectivity index (χ2n) is 4.45. The summed E-state index contributed by atoms with van der Waals surface area (Å²) in [5.41, 5.74) is 0.497. The zero-order valence-corrected chi connectivity index (χ0v) is 11.2. The van der Waals surface area contributed by atoms with E-state index in [2.05, 4.69) is 10.1 Å². The first-order valence-corrected chi connectivity index (χ1v) is 6.34. The number of hydrogen-bond acceptors (Lipinski definition) is 4. The largest absolute Gasteiger partial charge is 0.469 e. The van der Waals surface area contributed by atoms with Gasteiger partial charge in [0.05, 0.1) is 13.5 Å². The fraction of sp³-hybridized carbons (Fsp3) is 0.357. The minimum Gasteiger partial charge on any atom is -0.469 e. The van der Waals surface area contributed by atoms with E-state index in [4.69, 9.17) is 0 Å². The molecule has 1 aliphatic heterocycles. The summed E-state index contributed by atoms with van der Waals surface area (Å²) in [6.07, 6.45) is -0.138. The van der Waals surface area contributed by atoms with Crippen LogP contribution in [0.2, 0.25) is 0 Å². The zero-order chi connectivity index (χ0) is 14.5. The summed E-state index contributed by atoms with van der Waals surface area (Å²) in [4.78, 5) is 37.1. The third-order valence-corrected chi connectivity index (χ3v) is 3.20. The van der Waals surface area contributed by atoms with Gasteiger partial charge in [-0.15, -0.1) is 0 Å². The number of nitrogens with one attached hydrogen (secondary N) is 1. The number of nitrogens with zero attached hydrogens (tertiary/aromatic N) is 1. The predicted octanol–water partition coefficient (Wildman–Crippen LogP) is 0.190. The molecule has 106 valence electrons. The van der Waals surface area contributed by atoms with Crippen LogP contribution in [0.5, 0.6) is 0 Å². The van der Waals surface area contributed by atoms with Crippen molar-refractivity contribution in [1.82, 2.24) is 10.2 Å². The van der Waals surface area contributed by atoms with Crippen LogP contribution in [0.15, 0.2) is 30.3 Å². The Bertz CT molecular complexity index is 515. The van der Waals surface area contributed by atoms with Gasteiger partial charge in [0.1, 0.15) is 6.04 Å². The van der Waals surface area contributed by atoms with E-state index in [0.29, 0.717) is 18.7 Å². The summed E-state index contributed by atoms with van der Waals surface area (Å²) in [5.74, 6) is -1.10. The van der Waals surface area contributed by atoms with Crippen LogP contribution in [0.3, 0.4) is 0 Å². The molecule has 6 heteroatoms. The molecule has 1 aromatic rings. The van der Waals surface area contributed by atoms with Gasteiger partial charge in [-0.3, -0.25) is 14.4 Å². The first kappa shape index (κ1) is 14.0. The maximum absolute atomic E-state index is 12.4. The molecule has 20 heavy (non-hydrogen) atoms. The van der Waals surface area contributed by atoms with Gasteiger partial charge in [-0.05, 0) is 12.1 Å². The van der Waals surface area contributed by atoms with Gasteiger partial charge in [0.15, 0.2) is 0 Å². The van der Waals surface area contributed by atoms with Crippen LogP contribution in [0.4, 0.5) is 0 Å². The Morgan fingerprint density at radius 1 is 1.35 bits per heavy atom. The summed E-state index contributed by atoms with van der Waals surface area (Å²) < 4.78 is 4.58. The minimum absolute atomic E-state index is 0.138. The van der Waals surface area contributed by atoms with Gasteiger partial charge in [-0.25, -0.2) is 0 Å². The predicted molar refractivity (Wildman–Crippen MR) is 70.9 cm³/mol. The van der Waals surface area contributed by atoms with E-state index < -0.39 is 12.0 Å². The van der Waals surface area contributed by atoms with E-state index in [9.17, 15) is 14.4 Å². The highest BCUT2D eigenvalue weighted by molar-refractivity contribution is 5.99. The molecule has 1 saturated heterocycles. The van der Waals surface area contributed by atoms with Crippen molar-refractivity contribution in [3.63, 3.8) is 0 Å². The molecule has 2 amide bonds. The number of carbonyl (C=O) groups is 3. The SMILES string of the molecule is COC(=O)C[C@@H]1C(=O)NCCN1C(=O)c1ccccc1. The van der Waals surface area contributed by atoms with Crippen molar-refractivity contribution in [2.24, 2.45) is 0 Å². The number of rotatable bonds is 3. The number of amides is 2. The van der Waals surface area contributed by atoms with Crippen molar-refractivity contribution in [2.75, 3.05) is 20.2 Å². The maximum atomic E-state index is 12.4. The molecule has 0 radical (unpaired) electrons. The van der Waals surface area contributed by atoms with E-state index in [1.54, 1.807) is 24.3 Å². The first-order chi connectivity index (χ1) is 9.63. The number of hydrogen-bond donors (Lipinski definition) is 1. The van der Waals surface area contributed by atoms with E-state index >= 15 is 0 Å². The van der Waals surface area contributed by atoms with Gasteiger partial charge in [0.25, 0.3) is 5.91 Å². The first-order valence-electron chi connectivity index (χ1n) is 6.34. The van der Waals surface area contributed by atoms with Gasteiger partial charge >= 0.3 is 5.97 Å². The molecule has 0 unspecified atom stereocenters. The van der Waals surface area contributed by atoms with E-state index in [1.807, 2.05) is 6.07 Å². The molecule has 1 atom stereocenters. The van der Waals surface area contributed by atoms with Crippen LogP contribution >= 0.6 is 0 Å². The Labute approximate surface area is 116 Å². The Kier molecular flexibility index (Phi) is 4.34. The third kappa shape index (κ3) is 2.96. The monoisotopic (exact) mass is 276 g/mol. The van der Waals surface area contributed by atoms with Crippen molar-refractivity contribution in [3.8, 4) is 0 Å². The summed E-state index contributed by atoms with van der Waals surface area (Å²) in [6, 6.07) is 7.88. The van der Waals surface area contributed by atoms with Crippen molar-refractivity contribution < 1.29 is 19.1 Å². The molecule has 1 aliphatic rings. The molecule has 0 bridgehead atoms. The Morgan fingerprint density at radius 3 is 2.70 bits per heavy atom. The molecule has 0 spiro atoms. The number of carbonyl (C=O) groups excluding carboxylic acids is 3. The number of esters is 1. The normalized spacial score (nSPS) is 18.4. The third-order valence-electron chi connectivity index (χ3n) is 3.20. The van der Waals surface area contributed by atoms with E-state index in [-0.39, 0.29) is 18.2 Å². The second kappa shape index (κ2) is 6.18. The lowest BCUT2D eigenvalue weighted by molar-refractivity contribution is -0.145. The van der Waals surface area contributed by atoms with Gasteiger partial charge in [0.2, 0.25) is 5.91 Å². The highest BCUT2D eigenvalue weighted by Gasteiger charge is 2.35. The number of methoxy groups -OCH3 is 1. The van der Waals surface area contributed by atoms with Crippen molar-refractivity contribution in [1.29, 1.82) is 0 Å². The smallest absolute Gasteiger partial charge is 0.308 e. The van der Waals surface area contributed by atoms with Gasteiger partial charge in [0, 0.05) is 18.7 Å². The minimum atomic E-state index is -0.816. The van der Waals surface area contributed by atoms with Gasteiger partial charge < -0.3 is 15.0 Å². The number of benzene rings is 1. The van der Waals surface area contributed by atoms with Gasteiger partial charge in [-0.2, -0.15) is 0 Å². The fourth-order valence-electron chi connectivity index (χ4n) is 2.15. The van der Waals surface area contributed by atoms with Crippen LogP contribution in [0.25, 0.3) is 0 Å². The number of ether oxygens (including phenoxy) is 1. The summed E-state index contributed by atoms with van der Waals surface area (Å²) in [5, 5.41) is 2.66. The van der Waals surface area contributed by atoms with Crippen molar-refractivity contribution in [2.45, 2.75) is 12.5 Å². The molecule has 1 heterocycles. The molecule has 1 N–H and O–H groups in total. The molecule has 1 aromatic carbocycles. The highest BCUT2D eigenvalue weighted by atomic mass is 16.5. The molecule has 6 nitrogen and oxygen atoms in total. The van der Waals surface area contributed by atoms with Crippen LogP contribution in [-0.2, 0) is 14.3 Å². The zero-order valence-electron chi connectivity index (χ0n) is 11.2. The summed E-state index contributed by atoms with van der Waals surface area (Å²) in [7, 11) is 1.26. The topological polar surface area (TPSA) is 75.7 Å². The molecule has 0 aliphatic carbocycles. The number of piperazine rings is 1. The molecule has 0 aromatic heterocycles. The molecular formula is C14H16N2O4. The molecule has 0 saturated carbocycles. The van der Waals surface area contributed by atoms with Gasteiger partial charge in [-0.1, -0.05) is 18.2 Å². The van der Waals surface area contributed by atoms with Crippen molar-refractivity contribution >= 4 is 17.8 Å². The molecular weight excluding hydrogens is 260 g/mol. The Hall–Kier alpha value is -2.37. The molecule has 1 fully saturated rings. The molecule has 2 rings (SSSR count). The average Bonchev–Trinajstić information content (AvgIpc) is 2.49. The van der Waals surface area contributed by atoms with Crippen molar-refractivity contribution in [3.05, 3.63) is 35.9 Å². The quantitative estimate of drug-likeness (QED) is 0.800. The highest BCUT2D eigenvalue weighted by Crippen LogP contribution is 2.14. The van der Waals surface area contributed by atoms with Crippen LogP contribution in [0, 0.1) is 0 Å². The lowest BCUT2D eigenvalue weighted by atomic mass is 10.1. The van der Waals surface area contributed by atoms with Crippen LogP contribution < -0.4 is 5.32 Å². The van der Waals surface area contributed by atoms with E-state index in [1.165, 1.54) is 12.0 Å². The van der Waals surface area contributed by atoms with E-state index in [0.717, 1.165) is 0 Å². The Morgan fingerprint density at radius 2 is 2.05 bits per heavy atom.